The first-order valence-electron chi connectivity index (χ1n) is 10.1. The number of methoxy groups -OCH3 is 1. The summed E-state index contributed by atoms with van der Waals surface area (Å²) in [5.41, 5.74) is 0.810. The van der Waals surface area contributed by atoms with Crippen LogP contribution in [0, 0.1) is 0 Å². The molecule has 0 unspecified atom stereocenters. The van der Waals surface area contributed by atoms with E-state index in [4.69, 9.17) is 27.9 Å². The zero-order chi connectivity index (χ0) is 23.5. The molecule has 1 aromatic heterocycles. The zero-order valence-corrected chi connectivity index (χ0v) is 20.3. The van der Waals surface area contributed by atoms with E-state index in [1.807, 2.05) is 0 Å². The summed E-state index contributed by atoms with van der Waals surface area (Å²) in [7, 11) is 1.51. The Morgan fingerprint density at radius 3 is 2.69 bits per heavy atom. The maximum Gasteiger partial charge on any atom is 0.255 e. The second-order valence-corrected chi connectivity index (χ2v) is 8.62. The number of carbonyl (C=O) groups excluding carboxylic acids is 3. The summed E-state index contributed by atoms with van der Waals surface area (Å²) in [6, 6.07) is 4.55. The second-order valence-electron chi connectivity index (χ2n) is 6.92. The molecule has 2 N–H and O–H groups in total. The number of rotatable bonds is 12. The maximum absolute atomic E-state index is 12.9. The van der Waals surface area contributed by atoms with Crippen LogP contribution in [0.5, 0.6) is 0 Å². The average molecular weight is 501 g/mol. The van der Waals surface area contributed by atoms with Gasteiger partial charge in [-0.3, -0.25) is 14.4 Å². The number of unbranched alkanes of at least 4 members (excludes halogenated alkanes) is 1. The van der Waals surface area contributed by atoms with Gasteiger partial charge in [-0.1, -0.05) is 36.5 Å². The molecule has 8 nitrogen and oxygen atoms in total. The number of carbonyl (C=O) groups is 3. The van der Waals surface area contributed by atoms with Crippen LogP contribution in [0.1, 0.15) is 35.8 Å². The van der Waals surface area contributed by atoms with Crippen LogP contribution >= 0.6 is 34.5 Å². The molecule has 1 heterocycles. The highest BCUT2D eigenvalue weighted by Crippen LogP contribution is 2.22. The Bertz CT molecular complexity index is 938. The first kappa shape index (κ1) is 26.1. The third-order valence-electron chi connectivity index (χ3n) is 4.34. The first-order chi connectivity index (χ1) is 15.3. The van der Waals surface area contributed by atoms with Gasteiger partial charge >= 0.3 is 0 Å². The van der Waals surface area contributed by atoms with Gasteiger partial charge in [-0.15, -0.1) is 11.3 Å². The molecule has 0 saturated carbocycles. The Morgan fingerprint density at radius 2 is 2.00 bits per heavy atom. The minimum absolute atomic E-state index is 0.113. The van der Waals surface area contributed by atoms with Crippen LogP contribution in [0.4, 0.5) is 5.13 Å². The van der Waals surface area contributed by atoms with Gasteiger partial charge in [0.2, 0.25) is 11.8 Å². The van der Waals surface area contributed by atoms with Crippen molar-refractivity contribution in [3.63, 3.8) is 0 Å². The van der Waals surface area contributed by atoms with Crippen molar-refractivity contribution in [2.24, 2.45) is 0 Å². The van der Waals surface area contributed by atoms with Gasteiger partial charge < -0.3 is 20.3 Å². The molecule has 2 aromatic rings. The van der Waals surface area contributed by atoms with Crippen LogP contribution in [0.15, 0.2) is 23.6 Å². The van der Waals surface area contributed by atoms with E-state index in [1.165, 1.54) is 35.5 Å². The topological polar surface area (TPSA) is 101 Å². The Labute approximate surface area is 201 Å². The van der Waals surface area contributed by atoms with Crippen molar-refractivity contribution >= 4 is 57.4 Å². The third-order valence-corrected chi connectivity index (χ3v) is 5.70. The lowest BCUT2D eigenvalue weighted by Crippen LogP contribution is -2.40. The molecule has 0 radical (unpaired) electrons. The molecule has 0 aliphatic heterocycles. The van der Waals surface area contributed by atoms with E-state index < -0.39 is 11.8 Å². The molecule has 0 spiro atoms. The predicted molar refractivity (Wildman–Crippen MR) is 127 cm³/mol. The van der Waals surface area contributed by atoms with E-state index in [2.05, 4.69) is 22.5 Å². The number of hydrogen-bond donors (Lipinski definition) is 2. The molecule has 3 amide bonds. The molecule has 2 rings (SSSR count). The number of benzene rings is 1. The van der Waals surface area contributed by atoms with Gasteiger partial charge in [-0.25, -0.2) is 4.98 Å². The molecule has 11 heteroatoms. The van der Waals surface area contributed by atoms with Gasteiger partial charge in [-0.05, 0) is 24.6 Å². The van der Waals surface area contributed by atoms with E-state index in [9.17, 15) is 14.4 Å². The molecule has 0 bridgehead atoms. The highest BCUT2D eigenvalue weighted by Gasteiger charge is 2.21. The van der Waals surface area contributed by atoms with Gasteiger partial charge in [0.25, 0.3) is 5.91 Å². The first-order valence-corrected chi connectivity index (χ1v) is 11.7. The van der Waals surface area contributed by atoms with Gasteiger partial charge in [0.05, 0.1) is 29.3 Å². The number of ether oxygens (including phenoxy) is 1. The summed E-state index contributed by atoms with van der Waals surface area (Å²) in [5, 5.41) is 8.18. The van der Waals surface area contributed by atoms with Crippen molar-refractivity contribution in [3.05, 3.63) is 44.9 Å². The molecule has 0 fully saturated rings. The summed E-state index contributed by atoms with van der Waals surface area (Å²) in [4.78, 5) is 43.0. The SMILES string of the molecule is CCCCNC(=O)Cc1csc(NC(=O)CN(CCOC)C(=O)c2ccc(Cl)cc2Cl)n1. The van der Waals surface area contributed by atoms with E-state index in [0.717, 1.165) is 12.8 Å². The van der Waals surface area contributed by atoms with Crippen LogP contribution in [0.2, 0.25) is 10.0 Å². The third kappa shape index (κ3) is 8.38. The highest BCUT2D eigenvalue weighted by molar-refractivity contribution is 7.13. The standard InChI is InChI=1S/C21H26Cl2N4O4S/c1-3-4-7-24-18(28)11-15-13-32-21(25-15)26-19(29)12-27(8-9-31-2)20(30)16-6-5-14(22)10-17(16)23/h5-6,10,13H,3-4,7-9,11-12H2,1-2H3,(H,24,28)(H,25,26,29). The van der Waals surface area contributed by atoms with E-state index in [1.54, 1.807) is 11.4 Å². The number of aromatic nitrogens is 1. The van der Waals surface area contributed by atoms with Gasteiger partial charge in [-0.2, -0.15) is 0 Å². The van der Waals surface area contributed by atoms with Crippen LogP contribution in [-0.4, -0.2) is 61.0 Å². The van der Waals surface area contributed by atoms with Crippen LogP contribution in [0.25, 0.3) is 0 Å². The molecule has 1 aromatic carbocycles. The normalized spacial score (nSPS) is 10.6. The minimum atomic E-state index is -0.423. The Hall–Kier alpha value is -2.20. The highest BCUT2D eigenvalue weighted by atomic mass is 35.5. The fourth-order valence-electron chi connectivity index (χ4n) is 2.70. The number of anilines is 1. The van der Waals surface area contributed by atoms with Gasteiger partial charge in [0.15, 0.2) is 5.13 Å². The average Bonchev–Trinajstić information content (AvgIpc) is 3.17. The van der Waals surface area contributed by atoms with Crippen molar-refractivity contribution in [3.8, 4) is 0 Å². The van der Waals surface area contributed by atoms with E-state index in [-0.39, 0.29) is 42.6 Å². The second kappa shape index (κ2) is 13.4. The van der Waals surface area contributed by atoms with Crippen LogP contribution in [-0.2, 0) is 20.7 Å². The summed E-state index contributed by atoms with van der Waals surface area (Å²) < 4.78 is 5.06. The molecular weight excluding hydrogens is 475 g/mol. The molecule has 32 heavy (non-hydrogen) atoms. The molecule has 0 atom stereocenters. The monoisotopic (exact) mass is 500 g/mol. The fraction of sp³-hybridized carbons (Fsp3) is 0.429. The van der Waals surface area contributed by atoms with E-state index >= 15 is 0 Å². The Balaban J connectivity index is 1.98. The number of amides is 3. The predicted octanol–water partition coefficient (Wildman–Crippen LogP) is 3.64. The molecule has 0 saturated heterocycles. The number of nitrogens with one attached hydrogen (secondary N) is 2. The summed E-state index contributed by atoms with van der Waals surface area (Å²) in [5.74, 6) is -0.951. The molecule has 174 valence electrons. The van der Waals surface area contributed by atoms with Gasteiger partial charge in [0.1, 0.15) is 6.54 Å². The number of halogens is 2. The summed E-state index contributed by atoms with van der Waals surface area (Å²) >= 11 is 13.3. The Morgan fingerprint density at radius 1 is 1.22 bits per heavy atom. The van der Waals surface area contributed by atoms with Crippen molar-refractivity contribution in [2.75, 3.05) is 38.7 Å². The van der Waals surface area contributed by atoms with Crippen molar-refractivity contribution in [1.82, 2.24) is 15.2 Å². The molecular formula is C21H26Cl2N4O4S. The molecule has 0 aliphatic carbocycles. The molecule has 0 aliphatic rings. The summed E-state index contributed by atoms with van der Waals surface area (Å²) in [6.07, 6.45) is 2.06. The zero-order valence-electron chi connectivity index (χ0n) is 18.0. The van der Waals surface area contributed by atoms with Crippen molar-refractivity contribution < 1.29 is 19.1 Å². The Kier molecular flexibility index (Phi) is 10.9. The lowest BCUT2D eigenvalue weighted by molar-refractivity contribution is -0.120. The number of hydrogen-bond acceptors (Lipinski definition) is 6. The van der Waals surface area contributed by atoms with Crippen LogP contribution in [0.3, 0.4) is 0 Å². The fourth-order valence-corrected chi connectivity index (χ4v) is 3.91. The number of thiazole rings is 1. The van der Waals surface area contributed by atoms with Crippen molar-refractivity contribution in [1.29, 1.82) is 0 Å². The van der Waals surface area contributed by atoms with Crippen LogP contribution < -0.4 is 10.6 Å². The maximum atomic E-state index is 12.9. The quantitative estimate of drug-likeness (QED) is 0.433. The van der Waals surface area contributed by atoms with Crippen molar-refractivity contribution in [2.45, 2.75) is 26.2 Å². The number of nitrogens with zero attached hydrogens (tertiary/aromatic N) is 2. The minimum Gasteiger partial charge on any atom is -0.383 e. The largest absolute Gasteiger partial charge is 0.383 e. The lowest BCUT2D eigenvalue weighted by atomic mass is 10.2. The van der Waals surface area contributed by atoms with Gasteiger partial charge in [0, 0.05) is 30.6 Å². The lowest BCUT2D eigenvalue weighted by Gasteiger charge is -2.22. The smallest absolute Gasteiger partial charge is 0.255 e. The van der Waals surface area contributed by atoms with E-state index in [0.29, 0.717) is 22.4 Å². The summed E-state index contributed by atoms with van der Waals surface area (Å²) in [6.45, 7) is 2.91.